The van der Waals surface area contributed by atoms with E-state index in [1.54, 1.807) is 47.6 Å². The Labute approximate surface area is 210 Å². The van der Waals surface area contributed by atoms with Crippen molar-refractivity contribution in [1.82, 2.24) is 9.80 Å². The quantitative estimate of drug-likeness (QED) is 0.432. The highest BCUT2D eigenvalue weighted by Crippen LogP contribution is 2.35. The van der Waals surface area contributed by atoms with Gasteiger partial charge in [-0.05, 0) is 78.6 Å². The van der Waals surface area contributed by atoms with E-state index in [2.05, 4.69) is 11.4 Å². The van der Waals surface area contributed by atoms with E-state index in [-0.39, 0.29) is 24.4 Å². The number of fused-ring (bicyclic) bond motifs is 1. The summed E-state index contributed by atoms with van der Waals surface area (Å²) in [5.41, 5.74) is 1.72. The van der Waals surface area contributed by atoms with Gasteiger partial charge in [0.25, 0.3) is 5.91 Å². The lowest BCUT2D eigenvalue weighted by molar-refractivity contribution is -0.135. The molecule has 2 aromatic carbocycles. The van der Waals surface area contributed by atoms with Crippen molar-refractivity contribution in [3.8, 4) is 11.5 Å². The highest BCUT2D eigenvalue weighted by Gasteiger charge is 2.35. The van der Waals surface area contributed by atoms with Crippen LogP contribution in [-0.2, 0) is 11.2 Å². The van der Waals surface area contributed by atoms with Crippen LogP contribution in [0.4, 0.5) is 0 Å². The number of ether oxygens (including phenoxy) is 2. The van der Waals surface area contributed by atoms with Gasteiger partial charge >= 0.3 is 0 Å². The molecule has 0 N–H and O–H groups in total. The van der Waals surface area contributed by atoms with Crippen LogP contribution in [-0.4, -0.2) is 55.0 Å². The van der Waals surface area contributed by atoms with Gasteiger partial charge in [-0.25, -0.2) is 0 Å². The van der Waals surface area contributed by atoms with E-state index < -0.39 is 0 Å². The highest BCUT2D eigenvalue weighted by molar-refractivity contribution is 7.10. The third kappa shape index (κ3) is 5.51. The second-order valence-electron chi connectivity index (χ2n) is 9.13. The van der Waals surface area contributed by atoms with Gasteiger partial charge in [0.15, 0.2) is 0 Å². The molecule has 1 aromatic heterocycles. The van der Waals surface area contributed by atoms with Crippen molar-refractivity contribution in [2.45, 2.75) is 25.3 Å². The summed E-state index contributed by atoms with van der Waals surface area (Å²) in [7, 11) is 1.60. The smallest absolute Gasteiger partial charge is 0.254 e. The molecule has 1 saturated carbocycles. The fraction of sp³-hybridized carbons (Fsp3) is 0.357. The Hall–Kier alpha value is -3.32. The molecule has 0 radical (unpaired) electrons. The molecule has 1 fully saturated rings. The zero-order valence-corrected chi connectivity index (χ0v) is 20.7. The number of thiophene rings is 1. The summed E-state index contributed by atoms with van der Waals surface area (Å²) in [4.78, 5) is 32.0. The van der Waals surface area contributed by atoms with Gasteiger partial charge in [-0.3, -0.25) is 9.59 Å². The van der Waals surface area contributed by atoms with Crippen molar-refractivity contribution >= 4 is 23.2 Å². The summed E-state index contributed by atoms with van der Waals surface area (Å²) in [6.07, 6.45) is 3.04. The molecule has 182 valence electrons. The minimum Gasteiger partial charge on any atom is -0.497 e. The van der Waals surface area contributed by atoms with Gasteiger partial charge in [-0.2, -0.15) is 0 Å². The van der Waals surface area contributed by atoms with Crippen molar-refractivity contribution in [2.24, 2.45) is 5.92 Å². The van der Waals surface area contributed by atoms with E-state index >= 15 is 0 Å². The van der Waals surface area contributed by atoms with Crippen molar-refractivity contribution < 1.29 is 19.1 Å². The predicted molar refractivity (Wildman–Crippen MR) is 136 cm³/mol. The molecular weight excluding hydrogens is 460 g/mol. The summed E-state index contributed by atoms with van der Waals surface area (Å²) in [6, 6.07) is 18.7. The first kappa shape index (κ1) is 23.4. The number of nitrogens with zero attached hydrogens (tertiary/aromatic N) is 2. The van der Waals surface area contributed by atoms with Crippen molar-refractivity contribution in [3.05, 3.63) is 82.0 Å². The number of methoxy groups -OCH3 is 1. The van der Waals surface area contributed by atoms with Gasteiger partial charge in [0.2, 0.25) is 5.91 Å². The average molecular weight is 491 g/mol. The lowest BCUT2D eigenvalue weighted by Gasteiger charge is -2.37. The lowest BCUT2D eigenvalue weighted by Crippen LogP contribution is -2.48. The molecule has 0 bridgehead atoms. The van der Waals surface area contributed by atoms with Crippen LogP contribution in [0.1, 0.15) is 39.7 Å². The Kier molecular flexibility index (Phi) is 7.04. The molecule has 3 aromatic rings. The van der Waals surface area contributed by atoms with Crippen molar-refractivity contribution in [1.29, 1.82) is 0 Å². The van der Waals surface area contributed by atoms with Gasteiger partial charge in [-0.1, -0.05) is 18.2 Å². The van der Waals surface area contributed by atoms with Crippen LogP contribution >= 0.6 is 11.3 Å². The number of para-hydroxylation sites is 1. The van der Waals surface area contributed by atoms with E-state index in [1.165, 1.54) is 4.88 Å². The normalized spacial score (nSPS) is 16.9. The minimum atomic E-state index is -0.170. The number of carbonyl (C=O) groups is 2. The molecule has 2 heterocycles. The Morgan fingerprint density at radius 2 is 1.80 bits per heavy atom. The van der Waals surface area contributed by atoms with E-state index in [0.717, 1.165) is 30.6 Å². The van der Waals surface area contributed by atoms with Crippen LogP contribution in [0.5, 0.6) is 11.5 Å². The van der Waals surface area contributed by atoms with Crippen LogP contribution in [0.2, 0.25) is 0 Å². The Morgan fingerprint density at radius 1 is 1.03 bits per heavy atom. The Morgan fingerprint density at radius 3 is 2.51 bits per heavy atom. The van der Waals surface area contributed by atoms with Crippen LogP contribution in [0.3, 0.4) is 0 Å². The van der Waals surface area contributed by atoms with E-state index in [4.69, 9.17) is 9.47 Å². The van der Waals surface area contributed by atoms with Gasteiger partial charge in [0.05, 0.1) is 13.2 Å². The molecular formula is C28H30N2O4S. The summed E-state index contributed by atoms with van der Waals surface area (Å²) in [6.45, 7) is 1.69. The number of rotatable bonds is 9. The maximum atomic E-state index is 13.7. The zero-order chi connectivity index (χ0) is 24.2. The lowest BCUT2D eigenvalue weighted by atomic mass is 10.0. The fourth-order valence-corrected chi connectivity index (χ4v) is 5.50. The van der Waals surface area contributed by atoms with Crippen LogP contribution < -0.4 is 9.47 Å². The molecule has 2 amide bonds. The molecule has 1 aliphatic heterocycles. The van der Waals surface area contributed by atoms with Gasteiger partial charge in [0, 0.05) is 23.5 Å². The first-order chi connectivity index (χ1) is 17.1. The number of amides is 2. The highest BCUT2D eigenvalue weighted by atomic mass is 32.1. The number of hydrogen-bond acceptors (Lipinski definition) is 5. The average Bonchev–Trinajstić information content (AvgIpc) is 3.59. The maximum Gasteiger partial charge on any atom is 0.254 e. The van der Waals surface area contributed by atoms with E-state index in [0.29, 0.717) is 36.9 Å². The van der Waals surface area contributed by atoms with Crippen LogP contribution in [0.25, 0.3) is 0 Å². The largest absolute Gasteiger partial charge is 0.497 e. The summed E-state index contributed by atoms with van der Waals surface area (Å²) < 4.78 is 11.3. The van der Waals surface area contributed by atoms with Crippen molar-refractivity contribution in [3.63, 3.8) is 0 Å². The first-order valence-corrected chi connectivity index (χ1v) is 13.0. The maximum absolute atomic E-state index is 13.7. The second-order valence-corrected chi connectivity index (χ2v) is 10.1. The molecule has 6 nitrogen and oxygen atoms in total. The van der Waals surface area contributed by atoms with Crippen molar-refractivity contribution in [2.75, 3.05) is 33.4 Å². The molecule has 1 atom stereocenters. The summed E-state index contributed by atoms with van der Waals surface area (Å²) >= 11 is 1.73. The monoisotopic (exact) mass is 490 g/mol. The van der Waals surface area contributed by atoms with Gasteiger partial charge in [-0.15, -0.1) is 11.3 Å². The van der Waals surface area contributed by atoms with Crippen LogP contribution in [0, 0.1) is 5.92 Å². The fourth-order valence-electron chi connectivity index (χ4n) is 4.57. The standard InChI is InChI=1S/C28H30N2O4S/c1-33-22-11-9-21(10-12-22)28(32)29(17-20-7-8-20)18-27(31)30-15-13-26-24(14-16-35-26)25(30)19-34-23-5-3-2-4-6-23/h2-6,9-12,14,16,20,25H,7-8,13,15,17-19H2,1H3/t25-/m0/s1. The molecule has 0 saturated heterocycles. The molecule has 1 aliphatic carbocycles. The third-order valence-electron chi connectivity index (χ3n) is 6.69. The summed E-state index contributed by atoms with van der Waals surface area (Å²) in [5, 5.41) is 2.08. The molecule has 5 rings (SSSR count). The second kappa shape index (κ2) is 10.5. The van der Waals surface area contributed by atoms with Crippen LogP contribution in [0.15, 0.2) is 66.0 Å². The first-order valence-electron chi connectivity index (χ1n) is 12.1. The summed E-state index contributed by atoms with van der Waals surface area (Å²) in [5.74, 6) is 1.82. The van der Waals surface area contributed by atoms with Gasteiger partial charge in [0.1, 0.15) is 24.7 Å². The molecule has 0 spiro atoms. The van der Waals surface area contributed by atoms with Gasteiger partial charge < -0.3 is 19.3 Å². The molecule has 7 heteroatoms. The predicted octanol–water partition coefficient (Wildman–Crippen LogP) is 4.81. The number of hydrogen-bond donors (Lipinski definition) is 0. The zero-order valence-electron chi connectivity index (χ0n) is 19.9. The molecule has 2 aliphatic rings. The van der Waals surface area contributed by atoms with E-state index in [9.17, 15) is 9.59 Å². The third-order valence-corrected chi connectivity index (χ3v) is 7.69. The SMILES string of the molecule is COc1ccc(C(=O)N(CC(=O)N2CCc3sccc3[C@@H]2COc2ccccc2)CC2CC2)cc1. The minimum absolute atomic E-state index is 0.0361. The van der Waals surface area contributed by atoms with E-state index in [1.807, 2.05) is 35.2 Å². The Balaban J connectivity index is 1.33. The Bertz CT molecular complexity index is 1160. The number of carbonyl (C=O) groups excluding carboxylic acids is 2. The molecule has 35 heavy (non-hydrogen) atoms. The molecule has 0 unspecified atom stereocenters. The number of benzene rings is 2. The topological polar surface area (TPSA) is 59.1 Å².